The van der Waals surface area contributed by atoms with Crippen molar-refractivity contribution in [2.75, 3.05) is 38.2 Å². The Labute approximate surface area is 109 Å². The summed E-state index contributed by atoms with van der Waals surface area (Å²) in [6.07, 6.45) is 10.0. The predicted molar refractivity (Wildman–Crippen MR) is 76.3 cm³/mol. The predicted octanol–water partition coefficient (Wildman–Crippen LogP) is 2.25. The summed E-state index contributed by atoms with van der Waals surface area (Å²) in [6, 6.07) is 0. The molecule has 17 heavy (non-hydrogen) atoms. The van der Waals surface area contributed by atoms with E-state index in [9.17, 15) is 0 Å². The zero-order chi connectivity index (χ0) is 12.9. The molecule has 0 amide bonds. The third kappa shape index (κ3) is 5.37. The lowest BCUT2D eigenvalue weighted by atomic mass is 10.3. The summed E-state index contributed by atoms with van der Waals surface area (Å²) in [7, 11) is 1.13. The lowest BCUT2D eigenvalue weighted by Gasteiger charge is -2.24. The van der Waals surface area contributed by atoms with Gasteiger partial charge in [0.2, 0.25) is 11.2 Å². The maximum absolute atomic E-state index is 5.74. The van der Waals surface area contributed by atoms with Crippen LogP contribution in [0.3, 0.4) is 0 Å². The second-order valence-electron chi connectivity index (χ2n) is 4.43. The molecule has 1 aromatic heterocycles. The van der Waals surface area contributed by atoms with E-state index >= 15 is 0 Å². The van der Waals surface area contributed by atoms with Crippen LogP contribution in [0.4, 0.5) is 0 Å². The molecule has 0 radical (unpaired) electrons. The van der Waals surface area contributed by atoms with Crippen LogP contribution in [0.15, 0.2) is 11.2 Å². The van der Waals surface area contributed by atoms with E-state index in [1.807, 2.05) is 0 Å². The highest BCUT2D eigenvalue weighted by molar-refractivity contribution is 8.32. The second-order valence-corrected chi connectivity index (χ2v) is 9.36. The Morgan fingerprint density at radius 1 is 1.47 bits per heavy atom. The van der Waals surface area contributed by atoms with Gasteiger partial charge in [-0.1, -0.05) is 0 Å². The number of aliphatic imine (C=N–C) groups is 1. The molecule has 0 N–H and O–H groups in total. The van der Waals surface area contributed by atoms with E-state index in [4.69, 9.17) is 16.3 Å². The number of halogens is 1. The van der Waals surface area contributed by atoms with Gasteiger partial charge in [-0.15, -0.1) is 0 Å². The van der Waals surface area contributed by atoms with Crippen LogP contribution in [0.1, 0.15) is 5.56 Å². The number of nitrogens with zero attached hydrogens (tertiary/aromatic N) is 3. The minimum absolute atomic E-state index is 0.191. The number of aromatic nitrogens is 2. The van der Waals surface area contributed by atoms with E-state index in [0.29, 0.717) is 12.5 Å². The summed E-state index contributed by atoms with van der Waals surface area (Å²) in [5, 5.41) is 0.191. The van der Waals surface area contributed by atoms with Gasteiger partial charge in [-0.2, -0.15) is 4.98 Å². The topological polar surface area (TPSA) is 47.4 Å². The average molecular weight is 276 g/mol. The van der Waals surface area contributed by atoms with Gasteiger partial charge in [0.25, 0.3) is 0 Å². The molecule has 4 nitrogen and oxygen atoms in total. The quantitative estimate of drug-likeness (QED) is 0.612. The van der Waals surface area contributed by atoms with Gasteiger partial charge in [-0.3, -0.25) is 4.99 Å². The first-order chi connectivity index (χ1) is 7.92. The van der Waals surface area contributed by atoms with Crippen LogP contribution in [-0.2, 0) is 0 Å². The van der Waals surface area contributed by atoms with Gasteiger partial charge >= 0.3 is 0 Å². The number of hydrogen-bond acceptors (Lipinski definition) is 4. The SMILES string of the molecule is C/N=C/c1cnc(Cl)nc1OCCS(C)(C)C. The number of ether oxygens (including phenoxy) is 1. The fourth-order valence-corrected chi connectivity index (χ4v) is 1.80. The smallest absolute Gasteiger partial charge is 0.226 e. The Balaban J connectivity index is 2.71. The highest BCUT2D eigenvalue weighted by Gasteiger charge is 2.08. The second kappa shape index (κ2) is 6.21. The van der Waals surface area contributed by atoms with E-state index in [1.165, 1.54) is 0 Å². The molecule has 0 aromatic carbocycles. The maximum atomic E-state index is 5.74. The molecular weight excluding hydrogens is 258 g/mol. The van der Waals surface area contributed by atoms with Crippen LogP contribution in [0.5, 0.6) is 5.88 Å². The molecule has 0 atom stereocenters. The highest BCUT2D eigenvalue weighted by atomic mass is 35.5. The van der Waals surface area contributed by atoms with E-state index < -0.39 is 10.0 Å². The van der Waals surface area contributed by atoms with Gasteiger partial charge in [0.1, 0.15) is 0 Å². The van der Waals surface area contributed by atoms with E-state index in [2.05, 4.69) is 33.7 Å². The van der Waals surface area contributed by atoms with Crippen molar-refractivity contribution in [3.63, 3.8) is 0 Å². The van der Waals surface area contributed by atoms with Gasteiger partial charge in [0.05, 0.1) is 12.2 Å². The van der Waals surface area contributed by atoms with Crippen molar-refractivity contribution in [2.24, 2.45) is 4.99 Å². The first-order valence-corrected chi connectivity index (χ1v) is 8.56. The molecule has 1 rings (SSSR count). The molecule has 0 bridgehead atoms. The van der Waals surface area contributed by atoms with Crippen molar-refractivity contribution < 1.29 is 4.74 Å². The van der Waals surface area contributed by atoms with Crippen LogP contribution in [0, 0.1) is 0 Å². The van der Waals surface area contributed by atoms with Gasteiger partial charge in [-0.05, 0) is 30.4 Å². The molecule has 0 aliphatic heterocycles. The monoisotopic (exact) mass is 275 g/mol. The molecule has 0 aliphatic carbocycles. The van der Waals surface area contributed by atoms with Crippen molar-refractivity contribution in [3.05, 3.63) is 17.0 Å². The van der Waals surface area contributed by atoms with Gasteiger partial charge in [0.15, 0.2) is 0 Å². The fraction of sp³-hybridized carbons (Fsp3) is 0.545. The Hall–Kier alpha value is -0.810. The van der Waals surface area contributed by atoms with Crippen LogP contribution in [-0.4, -0.2) is 54.4 Å². The zero-order valence-electron chi connectivity index (χ0n) is 10.6. The largest absolute Gasteiger partial charge is 0.476 e. The summed E-state index contributed by atoms with van der Waals surface area (Å²) in [5.74, 6) is 1.52. The lowest BCUT2D eigenvalue weighted by Crippen LogP contribution is -2.11. The molecule has 0 aliphatic rings. The normalized spacial score (nSPS) is 13.0. The summed E-state index contributed by atoms with van der Waals surface area (Å²) < 4.78 is 5.64. The summed E-state index contributed by atoms with van der Waals surface area (Å²) in [6.45, 7) is 0.636. The van der Waals surface area contributed by atoms with E-state index in [0.717, 1.165) is 11.3 Å². The highest BCUT2D eigenvalue weighted by Crippen LogP contribution is 2.33. The third-order valence-corrected chi connectivity index (χ3v) is 3.53. The van der Waals surface area contributed by atoms with Crippen molar-refractivity contribution in [1.29, 1.82) is 0 Å². The van der Waals surface area contributed by atoms with E-state index in [-0.39, 0.29) is 5.28 Å². The molecule has 96 valence electrons. The zero-order valence-corrected chi connectivity index (χ0v) is 12.2. The summed E-state index contributed by atoms with van der Waals surface area (Å²) in [4.78, 5) is 11.9. The first-order valence-electron chi connectivity index (χ1n) is 5.16. The molecule has 0 fully saturated rings. The standard InChI is InChI=1S/C11H18ClN3OS/c1-13-7-9-8-14-11(12)15-10(9)16-5-6-17(2,3)4/h7-8H,5-6H2,1-4H3/b13-7+. The number of rotatable bonds is 5. The molecule has 1 heterocycles. The van der Waals surface area contributed by atoms with Crippen molar-refractivity contribution in [2.45, 2.75) is 0 Å². The molecule has 0 saturated heterocycles. The lowest BCUT2D eigenvalue weighted by molar-refractivity contribution is 0.328. The van der Waals surface area contributed by atoms with Gasteiger partial charge < -0.3 is 4.74 Å². The minimum atomic E-state index is -0.565. The van der Waals surface area contributed by atoms with Crippen LogP contribution >= 0.6 is 21.6 Å². The fourth-order valence-electron chi connectivity index (χ4n) is 1.09. The maximum Gasteiger partial charge on any atom is 0.226 e. The van der Waals surface area contributed by atoms with Crippen LogP contribution in [0.25, 0.3) is 0 Å². The molecule has 1 aromatic rings. The van der Waals surface area contributed by atoms with Crippen molar-refractivity contribution >= 4 is 27.8 Å². The number of hydrogen-bond donors (Lipinski definition) is 0. The first kappa shape index (κ1) is 14.3. The van der Waals surface area contributed by atoms with Crippen molar-refractivity contribution in [1.82, 2.24) is 9.97 Å². The summed E-state index contributed by atoms with van der Waals surface area (Å²) in [5.41, 5.74) is 0.751. The summed E-state index contributed by atoms with van der Waals surface area (Å²) >= 11 is 5.74. The molecule has 0 spiro atoms. The molecule has 0 saturated carbocycles. The average Bonchev–Trinajstić information content (AvgIpc) is 2.20. The Kier molecular flexibility index (Phi) is 5.21. The molecule has 6 heteroatoms. The van der Waals surface area contributed by atoms with Crippen molar-refractivity contribution in [3.8, 4) is 5.88 Å². The molecular formula is C11H18ClN3OS. The van der Waals surface area contributed by atoms with E-state index in [1.54, 1.807) is 19.5 Å². The minimum Gasteiger partial charge on any atom is -0.476 e. The van der Waals surface area contributed by atoms with Crippen LogP contribution < -0.4 is 4.74 Å². The van der Waals surface area contributed by atoms with Gasteiger partial charge in [0, 0.05) is 25.2 Å². The Bertz CT molecular complexity index is 404. The van der Waals surface area contributed by atoms with Gasteiger partial charge in [-0.25, -0.2) is 15.0 Å². The third-order valence-electron chi connectivity index (χ3n) is 1.95. The molecule has 0 unspecified atom stereocenters. The Morgan fingerprint density at radius 2 is 2.18 bits per heavy atom. The van der Waals surface area contributed by atoms with Crippen LogP contribution in [0.2, 0.25) is 5.28 Å². The Morgan fingerprint density at radius 3 is 2.76 bits per heavy atom.